The molecule has 6 nitrogen and oxygen atoms in total. The molecule has 0 bridgehead atoms. The van der Waals surface area contributed by atoms with E-state index >= 15 is 0 Å². The van der Waals surface area contributed by atoms with Gasteiger partial charge in [-0.25, -0.2) is 8.42 Å². The normalized spacial score (nSPS) is 17.8. The smallest absolute Gasteiger partial charge is 0.251 e. The summed E-state index contributed by atoms with van der Waals surface area (Å²) in [7, 11) is -3.75. The third kappa shape index (κ3) is 4.03. The van der Waals surface area contributed by atoms with Crippen molar-refractivity contribution in [3.63, 3.8) is 0 Å². The molecule has 9 heteroatoms. The van der Waals surface area contributed by atoms with Crippen LogP contribution in [0.4, 0.5) is 0 Å². The lowest BCUT2D eigenvalue weighted by Gasteiger charge is -2.35. The van der Waals surface area contributed by atoms with E-state index in [0.717, 1.165) is 0 Å². The minimum atomic E-state index is -3.75. The van der Waals surface area contributed by atoms with Crippen molar-refractivity contribution in [1.82, 2.24) is 9.21 Å². The number of hydrogen-bond donors (Lipinski definition) is 0. The van der Waals surface area contributed by atoms with Crippen LogP contribution < -0.4 is 0 Å². The number of hydrogen-bond acceptors (Lipinski definition) is 4. The van der Waals surface area contributed by atoms with Gasteiger partial charge in [0.25, 0.3) is 5.91 Å². The van der Waals surface area contributed by atoms with E-state index in [1.807, 2.05) is 6.92 Å². The van der Waals surface area contributed by atoms with Gasteiger partial charge in [0.15, 0.2) is 0 Å². The molecule has 0 N–H and O–H groups in total. The number of carbonyl (C=O) groups is 1. The number of sulfonamides is 1. The largest absolute Gasteiger partial charge is 0.369 e. The van der Waals surface area contributed by atoms with Crippen LogP contribution in [-0.2, 0) is 19.6 Å². The molecule has 1 unspecified atom stereocenters. The van der Waals surface area contributed by atoms with Crippen LogP contribution in [-0.4, -0.2) is 62.4 Å². The SMILES string of the molecule is CCOC(C)C(=O)N1CCN(S(=O)(=O)c2cccc(Cl)c2Cl)CC1. The molecule has 1 atom stereocenters. The lowest BCUT2D eigenvalue weighted by atomic mass is 10.3. The molecule has 1 amide bonds. The van der Waals surface area contributed by atoms with Gasteiger partial charge in [0, 0.05) is 32.8 Å². The van der Waals surface area contributed by atoms with Crippen molar-refractivity contribution in [2.75, 3.05) is 32.8 Å². The van der Waals surface area contributed by atoms with E-state index in [0.29, 0.717) is 19.7 Å². The summed E-state index contributed by atoms with van der Waals surface area (Å²) in [5.41, 5.74) is 0. The van der Waals surface area contributed by atoms with Crippen molar-refractivity contribution < 1.29 is 17.9 Å². The van der Waals surface area contributed by atoms with Crippen LogP contribution in [0, 0.1) is 0 Å². The zero-order valence-corrected chi connectivity index (χ0v) is 15.9. The molecule has 2 rings (SSSR count). The number of carbonyl (C=O) groups excluding carboxylic acids is 1. The second kappa shape index (κ2) is 8.01. The van der Waals surface area contributed by atoms with Gasteiger partial charge < -0.3 is 9.64 Å². The first-order valence-corrected chi connectivity index (χ1v) is 9.83. The molecule has 24 heavy (non-hydrogen) atoms. The Balaban J connectivity index is 2.09. The lowest BCUT2D eigenvalue weighted by Crippen LogP contribution is -2.52. The van der Waals surface area contributed by atoms with Crippen molar-refractivity contribution >= 4 is 39.1 Å². The highest BCUT2D eigenvalue weighted by molar-refractivity contribution is 7.89. The molecule has 1 saturated heterocycles. The van der Waals surface area contributed by atoms with Crippen molar-refractivity contribution in [1.29, 1.82) is 0 Å². The van der Waals surface area contributed by atoms with Gasteiger partial charge in [0.05, 0.1) is 10.0 Å². The van der Waals surface area contributed by atoms with Gasteiger partial charge in [-0.3, -0.25) is 4.79 Å². The first-order valence-electron chi connectivity index (χ1n) is 7.63. The van der Waals surface area contributed by atoms with Crippen molar-refractivity contribution in [2.45, 2.75) is 24.8 Å². The Kier molecular flexibility index (Phi) is 6.50. The topological polar surface area (TPSA) is 66.9 Å². The molecule has 0 saturated carbocycles. The summed E-state index contributed by atoms with van der Waals surface area (Å²) in [4.78, 5) is 13.8. The monoisotopic (exact) mass is 394 g/mol. The van der Waals surface area contributed by atoms with Gasteiger partial charge in [-0.05, 0) is 26.0 Å². The number of halogens is 2. The van der Waals surface area contributed by atoms with Crippen molar-refractivity contribution in [3.8, 4) is 0 Å². The molecular weight excluding hydrogens is 375 g/mol. The Hall–Kier alpha value is -0.860. The molecular formula is C15H20Cl2N2O4S. The predicted molar refractivity (Wildman–Crippen MR) is 92.9 cm³/mol. The first-order chi connectivity index (χ1) is 11.3. The van der Waals surface area contributed by atoms with E-state index in [-0.39, 0.29) is 33.9 Å². The van der Waals surface area contributed by atoms with Crippen molar-refractivity contribution in [3.05, 3.63) is 28.2 Å². The second-order valence-corrected chi connectivity index (χ2v) is 8.07. The van der Waals surface area contributed by atoms with Gasteiger partial charge in [-0.1, -0.05) is 29.3 Å². The van der Waals surface area contributed by atoms with E-state index in [9.17, 15) is 13.2 Å². The highest BCUT2D eigenvalue weighted by atomic mass is 35.5. The number of benzene rings is 1. The van der Waals surface area contributed by atoms with E-state index in [1.54, 1.807) is 17.9 Å². The third-order valence-corrected chi connectivity index (χ3v) is 6.72. The molecule has 0 spiro atoms. The first kappa shape index (κ1) is 19.5. The number of piperazine rings is 1. The summed E-state index contributed by atoms with van der Waals surface area (Å²) in [6, 6.07) is 4.51. The molecule has 1 heterocycles. The molecule has 1 aromatic carbocycles. The summed E-state index contributed by atoms with van der Waals surface area (Å²) in [5, 5.41) is 0.208. The zero-order chi connectivity index (χ0) is 17.9. The maximum absolute atomic E-state index is 12.7. The summed E-state index contributed by atoms with van der Waals surface area (Å²) in [5.74, 6) is -0.130. The molecule has 0 aliphatic carbocycles. The molecule has 0 aromatic heterocycles. The van der Waals surface area contributed by atoms with Gasteiger partial charge in [-0.15, -0.1) is 0 Å². The van der Waals surface area contributed by atoms with Crippen molar-refractivity contribution in [2.24, 2.45) is 0 Å². The molecule has 1 aliphatic heterocycles. The molecule has 0 radical (unpaired) electrons. The maximum atomic E-state index is 12.7. The Bertz CT molecular complexity index is 703. The van der Waals surface area contributed by atoms with Gasteiger partial charge in [-0.2, -0.15) is 4.31 Å². The summed E-state index contributed by atoms with van der Waals surface area (Å²) >= 11 is 11.9. The quantitative estimate of drug-likeness (QED) is 0.767. The fourth-order valence-electron chi connectivity index (χ4n) is 2.55. The van der Waals surface area contributed by atoms with Crippen LogP contribution in [0.5, 0.6) is 0 Å². The zero-order valence-electron chi connectivity index (χ0n) is 13.5. The summed E-state index contributed by atoms with van der Waals surface area (Å²) in [6.07, 6.45) is -0.527. The van der Waals surface area contributed by atoms with Gasteiger partial charge >= 0.3 is 0 Å². The minimum Gasteiger partial charge on any atom is -0.369 e. The van der Waals surface area contributed by atoms with Crippen LogP contribution >= 0.6 is 23.2 Å². The Morgan fingerprint density at radius 1 is 1.25 bits per heavy atom. The molecule has 1 aliphatic rings. The van der Waals surface area contributed by atoms with E-state index in [1.165, 1.54) is 16.4 Å². The fraction of sp³-hybridized carbons (Fsp3) is 0.533. The van der Waals surface area contributed by atoms with Gasteiger partial charge in [0.1, 0.15) is 11.0 Å². The minimum absolute atomic E-state index is 0.0147. The average Bonchev–Trinajstić information content (AvgIpc) is 2.56. The molecule has 134 valence electrons. The molecule has 1 fully saturated rings. The highest BCUT2D eigenvalue weighted by Gasteiger charge is 2.33. The van der Waals surface area contributed by atoms with Crippen LogP contribution in [0.2, 0.25) is 10.0 Å². The van der Waals surface area contributed by atoms with Crippen LogP contribution in [0.25, 0.3) is 0 Å². The second-order valence-electron chi connectivity index (χ2n) is 5.38. The number of rotatable bonds is 5. The standard InChI is InChI=1S/C15H20Cl2N2O4S/c1-3-23-11(2)15(20)18-7-9-19(10-8-18)24(21,22)13-6-4-5-12(16)14(13)17/h4-6,11H,3,7-10H2,1-2H3. The Morgan fingerprint density at radius 3 is 2.46 bits per heavy atom. The number of amides is 1. The predicted octanol–water partition coefficient (Wildman–Crippen LogP) is 2.25. The van der Waals surface area contributed by atoms with E-state index in [4.69, 9.17) is 27.9 Å². The average molecular weight is 395 g/mol. The van der Waals surface area contributed by atoms with E-state index < -0.39 is 16.1 Å². The number of nitrogens with zero attached hydrogens (tertiary/aromatic N) is 2. The fourth-order valence-corrected chi connectivity index (χ4v) is 4.71. The lowest BCUT2D eigenvalue weighted by molar-refractivity contribution is -0.143. The van der Waals surface area contributed by atoms with E-state index in [2.05, 4.69) is 0 Å². The van der Waals surface area contributed by atoms with Crippen LogP contribution in [0.15, 0.2) is 23.1 Å². The van der Waals surface area contributed by atoms with Gasteiger partial charge in [0.2, 0.25) is 10.0 Å². The van der Waals surface area contributed by atoms with Crippen LogP contribution in [0.1, 0.15) is 13.8 Å². The highest BCUT2D eigenvalue weighted by Crippen LogP contribution is 2.31. The number of ether oxygens (including phenoxy) is 1. The Morgan fingerprint density at radius 2 is 1.88 bits per heavy atom. The summed E-state index contributed by atoms with van der Waals surface area (Å²) < 4.78 is 32.1. The Labute approximate surface area is 152 Å². The molecule has 1 aromatic rings. The maximum Gasteiger partial charge on any atom is 0.251 e. The summed E-state index contributed by atoms with van der Waals surface area (Å²) in [6.45, 7) is 5.01. The third-order valence-electron chi connectivity index (χ3n) is 3.85. The van der Waals surface area contributed by atoms with Crippen LogP contribution in [0.3, 0.4) is 0 Å².